The lowest BCUT2D eigenvalue weighted by Crippen LogP contribution is -2.41. The van der Waals surface area contributed by atoms with Gasteiger partial charge < -0.3 is 19.0 Å². The highest BCUT2D eigenvalue weighted by Gasteiger charge is 2.34. The van der Waals surface area contributed by atoms with Crippen molar-refractivity contribution in [2.75, 3.05) is 26.2 Å². The number of hydrogen-bond donors (Lipinski definition) is 0. The van der Waals surface area contributed by atoms with Crippen LogP contribution in [0.15, 0.2) is 28.8 Å². The van der Waals surface area contributed by atoms with Gasteiger partial charge in [-0.25, -0.2) is 4.98 Å². The van der Waals surface area contributed by atoms with Gasteiger partial charge in [0.2, 0.25) is 23.6 Å². The molecule has 0 aliphatic carbocycles. The fraction of sp³-hybridized carbons (Fsp3) is 0.591. The molecule has 0 bridgehead atoms. The van der Waals surface area contributed by atoms with Gasteiger partial charge in [-0.15, -0.1) is 10.2 Å². The zero-order chi connectivity index (χ0) is 21.6. The van der Waals surface area contributed by atoms with Gasteiger partial charge in [-0.05, 0) is 38.2 Å². The van der Waals surface area contributed by atoms with Crippen LogP contribution in [0, 0.1) is 0 Å². The van der Waals surface area contributed by atoms with E-state index in [0.717, 1.165) is 32.1 Å². The van der Waals surface area contributed by atoms with Gasteiger partial charge in [0.1, 0.15) is 6.04 Å². The number of pyridine rings is 1. The summed E-state index contributed by atoms with van der Waals surface area (Å²) in [7, 11) is 0. The molecule has 2 aromatic heterocycles. The number of aromatic nitrogens is 3. The van der Waals surface area contributed by atoms with Crippen molar-refractivity contribution in [1.82, 2.24) is 25.0 Å². The molecule has 2 amide bonds. The molecule has 0 radical (unpaired) electrons. The minimum atomic E-state index is -0.225. The molecule has 4 rings (SSSR count). The first-order valence-corrected chi connectivity index (χ1v) is 11.1. The molecule has 9 heteroatoms. The van der Waals surface area contributed by atoms with Crippen molar-refractivity contribution in [1.29, 1.82) is 0 Å². The second-order valence-corrected chi connectivity index (χ2v) is 8.04. The Balaban J connectivity index is 1.38. The topological polar surface area (TPSA) is 102 Å². The summed E-state index contributed by atoms with van der Waals surface area (Å²) in [5, 5.41) is 8.59. The maximum absolute atomic E-state index is 12.8. The number of piperidine rings is 2. The monoisotopic (exact) mass is 427 g/mol. The Bertz CT molecular complexity index is 879. The van der Waals surface area contributed by atoms with E-state index in [-0.39, 0.29) is 30.4 Å². The Hall–Kier alpha value is -2.97. The van der Waals surface area contributed by atoms with Crippen molar-refractivity contribution in [3.8, 4) is 5.88 Å². The third-order valence-electron chi connectivity index (χ3n) is 6.05. The molecule has 1 atom stereocenters. The number of hydrogen-bond acceptors (Lipinski definition) is 7. The molecule has 2 saturated heterocycles. The first-order chi connectivity index (χ1) is 15.2. The zero-order valence-electron chi connectivity index (χ0n) is 17.9. The van der Waals surface area contributed by atoms with Crippen LogP contribution >= 0.6 is 0 Å². The largest absolute Gasteiger partial charge is 0.468 e. The normalized spacial score (nSPS) is 20.0. The van der Waals surface area contributed by atoms with E-state index >= 15 is 0 Å². The average molecular weight is 428 g/mol. The molecule has 31 heavy (non-hydrogen) atoms. The lowest BCUT2D eigenvalue weighted by molar-refractivity contribution is -0.138. The van der Waals surface area contributed by atoms with Crippen LogP contribution < -0.4 is 4.74 Å². The molecule has 2 aromatic rings. The Morgan fingerprint density at radius 2 is 1.87 bits per heavy atom. The summed E-state index contributed by atoms with van der Waals surface area (Å²) < 4.78 is 11.6. The molecule has 2 aliphatic rings. The maximum atomic E-state index is 12.8. The fourth-order valence-corrected chi connectivity index (χ4v) is 4.28. The highest BCUT2D eigenvalue weighted by molar-refractivity contribution is 5.78. The van der Waals surface area contributed by atoms with Crippen molar-refractivity contribution in [3.63, 3.8) is 0 Å². The molecular formula is C22H29N5O4. The van der Waals surface area contributed by atoms with Gasteiger partial charge in [0.05, 0.1) is 0 Å². The van der Waals surface area contributed by atoms with E-state index in [1.165, 1.54) is 0 Å². The van der Waals surface area contributed by atoms with Crippen LogP contribution in [0.4, 0.5) is 0 Å². The van der Waals surface area contributed by atoms with E-state index in [0.29, 0.717) is 43.7 Å². The Kier molecular flexibility index (Phi) is 6.79. The van der Waals surface area contributed by atoms with Gasteiger partial charge in [0.25, 0.3) is 5.91 Å². The maximum Gasteiger partial charge on any atom is 0.261 e. The predicted molar refractivity (Wildman–Crippen MR) is 111 cm³/mol. The smallest absolute Gasteiger partial charge is 0.261 e. The van der Waals surface area contributed by atoms with Gasteiger partial charge in [0.15, 0.2) is 6.61 Å². The van der Waals surface area contributed by atoms with Crippen LogP contribution in [-0.2, 0) is 9.59 Å². The van der Waals surface area contributed by atoms with Crippen molar-refractivity contribution >= 4 is 11.8 Å². The number of rotatable bonds is 6. The minimum Gasteiger partial charge on any atom is -0.468 e. The van der Waals surface area contributed by atoms with E-state index in [4.69, 9.17) is 9.15 Å². The number of carbonyl (C=O) groups is 2. The van der Waals surface area contributed by atoms with E-state index < -0.39 is 0 Å². The Morgan fingerprint density at radius 1 is 1.06 bits per heavy atom. The molecule has 2 aliphatic heterocycles. The van der Waals surface area contributed by atoms with Crippen LogP contribution in [0.3, 0.4) is 0 Å². The van der Waals surface area contributed by atoms with Crippen molar-refractivity contribution < 1.29 is 18.7 Å². The minimum absolute atomic E-state index is 0.0710. The Labute approximate surface area is 181 Å². The highest BCUT2D eigenvalue weighted by Crippen LogP contribution is 2.33. The quantitative estimate of drug-likeness (QED) is 0.698. The van der Waals surface area contributed by atoms with Crippen LogP contribution in [0.1, 0.15) is 69.2 Å². The zero-order valence-corrected chi connectivity index (χ0v) is 17.9. The summed E-state index contributed by atoms with van der Waals surface area (Å²) in [6.07, 6.45) is 6.54. The molecule has 0 spiro atoms. The van der Waals surface area contributed by atoms with E-state index in [2.05, 4.69) is 15.2 Å². The summed E-state index contributed by atoms with van der Waals surface area (Å²) >= 11 is 0. The van der Waals surface area contributed by atoms with Crippen LogP contribution in [0.25, 0.3) is 0 Å². The van der Waals surface area contributed by atoms with Gasteiger partial charge in [-0.2, -0.15) is 0 Å². The average Bonchev–Trinajstić information content (AvgIpc) is 3.33. The van der Waals surface area contributed by atoms with Gasteiger partial charge in [0, 0.05) is 44.2 Å². The summed E-state index contributed by atoms with van der Waals surface area (Å²) in [5.41, 5.74) is 0. The first kappa shape index (κ1) is 21.3. The lowest BCUT2D eigenvalue weighted by Gasteiger charge is -2.33. The fourth-order valence-electron chi connectivity index (χ4n) is 4.28. The summed E-state index contributed by atoms with van der Waals surface area (Å²) in [6.45, 7) is 3.89. The number of ether oxygens (including phenoxy) is 1. The number of nitrogens with zero attached hydrogens (tertiary/aromatic N) is 5. The summed E-state index contributed by atoms with van der Waals surface area (Å²) in [5.74, 6) is 1.77. The second-order valence-electron chi connectivity index (χ2n) is 8.04. The molecule has 0 aromatic carbocycles. The molecule has 166 valence electrons. The third-order valence-corrected chi connectivity index (χ3v) is 6.05. The molecule has 2 fully saturated rings. The highest BCUT2D eigenvalue weighted by atomic mass is 16.5. The van der Waals surface area contributed by atoms with Crippen LogP contribution in [0.2, 0.25) is 0 Å². The summed E-state index contributed by atoms with van der Waals surface area (Å²) in [6, 6.07) is 5.12. The summed E-state index contributed by atoms with van der Waals surface area (Å²) in [4.78, 5) is 32.5. The van der Waals surface area contributed by atoms with Crippen molar-refractivity contribution in [2.45, 2.75) is 57.4 Å². The van der Waals surface area contributed by atoms with Gasteiger partial charge >= 0.3 is 0 Å². The standard InChI is InChI=1S/C22H29N5O4/c1-2-19(28)26-13-9-16(10-14-26)21-24-25-22(31-21)17-7-4-6-12-27(17)20(29)15-30-18-8-3-5-11-23-18/h3,5,8,11,16-17H,2,4,6-7,9-10,12-15H2,1H3/t17-/m1/s1. The van der Waals surface area contributed by atoms with Crippen molar-refractivity contribution in [2.24, 2.45) is 0 Å². The number of carbonyl (C=O) groups excluding carboxylic acids is 2. The molecule has 0 unspecified atom stereocenters. The van der Waals surface area contributed by atoms with Crippen LogP contribution in [-0.4, -0.2) is 63.0 Å². The molecular weight excluding hydrogens is 398 g/mol. The third kappa shape index (κ3) is 5.03. The second kappa shape index (κ2) is 9.89. The SMILES string of the molecule is CCC(=O)N1CCC(c2nnc([C@H]3CCCCN3C(=O)COc3ccccn3)o2)CC1. The van der Waals surface area contributed by atoms with Crippen molar-refractivity contribution in [3.05, 3.63) is 36.2 Å². The molecule has 4 heterocycles. The van der Waals surface area contributed by atoms with Crippen LogP contribution in [0.5, 0.6) is 5.88 Å². The number of likely N-dealkylation sites (tertiary alicyclic amines) is 2. The van der Waals surface area contributed by atoms with E-state index in [1.54, 1.807) is 23.2 Å². The molecule has 9 nitrogen and oxygen atoms in total. The molecule has 0 N–H and O–H groups in total. The lowest BCUT2D eigenvalue weighted by atomic mass is 9.96. The van der Waals surface area contributed by atoms with E-state index in [9.17, 15) is 9.59 Å². The van der Waals surface area contributed by atoms with Gasteiger partial charge in [-0.3, -0.25) is 9.59 Å². The van der Waals surface area contributed by atoms with Gasteiger partial charge in [-0.1, -0.05) is 13.0 Å². The first-order valence-electron chi connectivity index (χ1n) is 11.1. The van der Waals surface area contributed by atoms with E-state index in [1.807, 2.05) is 17.9 Å². The predicted octanol–water partition coefficient (Wildman–Crippen LogP) is 2.71. The Morgan fingerprint density at radius 3 is 2.61 bits per heavy atom. The number of amides is 2. The molecule has 0 saturated carbocycles.